The van der Waals surface area contributed by atoms with Crippen LogP contribution in [0, 0.1) is 0 Å². The Hall–Kier alpha value is -2.21. The molecule has 1 aliphatic rings. The molecule has 0 aliphatic heterocycles. The van der Waals surface area contributed by atoms with E-state index in [0.717, 1.165) is 36.1 Å². The first-order valence-corrected chi connectivity index (χ1v) is 9.10. The summed E-state index contributed by atoms with van der Waals surface area (Å²) in [6.45, 7) is 0. The van der Waals surface area contributed by atoms with Crippen molar-refractivity contribution in [3.63, 3.8) is 0 Å². The largest absolute Gasteiger partial charge is 0.224 e. The summed E-state index contributed by atoms with van der Waals surface area (Å²) in [6, 6.07) is 11.5. The molecule has 4 rings (SSSR count). The number of aromatic nitrogens is 3. The standard InChI is InChI=1S/C16H15N3O2S/c1-22(20,21)16-13-9-5-6-11(13)10-14-15(16)19(18-17-14)12-7-3-2-4-8-12/h2-4,7-8,10H,5-6,9H2,1H3. The molecule has 0 fully saturated rings. The number of hydrogen-bond acceptors (Lipinski definition) is 4. The highest BCUT2D eigenvalue weighted by Crippen LogP contribution is 2.35. The summed E-state index contributed by atoms with van der Waals surface area (Å²) in [7, 11) is -3.36. The summed E-state index contributed by atoms with van der Waals surface area (Å²) in [5.41, 5.74) is 4.08. The van der Waals surface area contributed by atoms with Gasteiger partial charge in [0.25, 0.3) is 0 Å². The Kier molecular flexibility index (Phi) is 2.84. The van der Waals surface area contributed by atoms with E-state index in [1.807, 2.05) is 36.4 Å². The van der Waals surface area contributed by atoms with Crippen LogP contribution in [0.3, 0.4) is 0 Å². The molecule has 0 amide bonds. The van der Waals surface area contributed by atoms with Crippen molar-refractivity contribution in [3.8, 4) is 5.69 Å². The first-order valence-electron chi connectivity index (χ1n) is 7.21. The van der Waals surface area contributed by atoms with Crippen molar-refractivity contribution in [1.82, 2.24) is 15.0 Å². The molecule has 22 heavy (non-hydrogen) atoms. The Morgan fingerprint density at radius 3 is 2.64 bits per heavy atom. The second kappa shape index (κ2) is 4.64. The maximum Gasteiger partial charge on any atom is 0.178 e. The van der Waals surface area contributed by atoms with Gasteiger partial charge in [0, 0.05) is 6.26 Å². The predicted molar refractivity (Wildman–Crippen MR) is 84.0 cm³/mol. The monoisotopic (exact) mass is 313 g/mol. The van der Waals surface area contributed by atoms with E-state index >= 15 is 0 Å². The molecule has 0 saturated heterocycles. The van der Waals surface area contributed by atoms with Gasteiger partial charge in [-0.05, 0) is 48.6 Å². The first-order chi connectivity index (χ1) is 10.6. The topological polar surface area (TPSA) is 64.8 Å². The van der Waals surface area contributed by atoms with Crippen molar-refractivity contribution < 1.29 is 8.42 Å². The Morgan fingerprint density at radius 1 is 1.14 bits per heavy atom. The number of nitrogens with zero attached hydrogens (tertiary/aromatic N) is 3. The van der Waals surface area contributed by atoms with E-state index in [1.165, 1.54) is 6.26 Å². The highest BCUT2D eigenvalue weighted by Gasteiger charge is 2.27. The van der Waals surface area contributed by atoms with Crippen molar-refractivity contribution in [2.75, 3.05) is 6.26 Å². The number of rotatable bonds is 2. The van der Waals surface area contributed by atoms with Gasteiger partial charge in [0.05, 0.1) is 10.6 Å². The number of aryl methyl sites for hydroxylation is 1. The summed E-state index contributed by atoms with van der Waals surface area (Å²) in [6.07, 6.45) is 3.96. The Balaban J connectivity index is 2.15. The van der Waals surface area contributed by atoms with E-state index in [2.05, 4.69) is 10.3 Å². The lowest BCUT2D eigenvalue weighted by atomic mass is 10.1. The highest BCUT2D eigenvalue weighted by molar-refractivity contribution is 7.91. The lowest BCUT2D eigenvalue weighted by molar-refractivity contribution is 0.601. The maximum atomic E-state index is 12.4. The van der Waals surface area contributed by atoms with Crippen LogP contribution in [0.2, 0.25) is 0 Å². The number of fused-ring (bicyclic) bond motifs is 2. The molecule has 1 heterocycles. The zero-order chi connectivity index (χ0) is 15.3. The van der Waals surface area contributed by atoms with Crippen LogP contribution in [0.4, 0.5) is 0 Å². The van der Waals surface area contributed by atoms with Gasteiger partial charge in [0.1, 0.15) is 11.0 Å². The Morgan fingerprint density at radius 2 is 1.91 bits per heavy atom. The molecular weight excluding hydrogens is 298 g/mol. The second-order valence-corrected chi connectivity index (χ2v) is 7.63. The SMILES string of the molecule is CS(=O)(=O)c1c2c(cc3nnn(-c4ccccc4)c13)CCC2. The van der Waals surface area contributed by atoms with Crippen LogP contribution in [0.15, 0.2) is 41.3 Å². The average molecular weight is 313 g/mol. The smallest absolute Gasteiger partial charge is 0.178 e. The minimum Gasteiger partial charge on any atom is -0.224 e. The highest BCUT2D eigenvalue weighted by atomic mass is 32.2. The Labute approximate surface area is 128 Å². The zero-order valence-corrected chi connectivity index (χ0v) is 13.0. The molecule has 0 bridgehead atoms. The predicted octanol–water partition coefficient (Wildman–Crippen LogP) is 2.31. The minimum atomic E-state index is -3.36. The van der Waals surface area contributed by atoms with Crippen molar-refractivity contribution >= 4 is 20.9 Å². The van der Waals surface area contributed by atoms with Crippen LogP contribution >= 0.6 is 0 Å². The first kappa shape index (κ1) is 13.5. The van der Waals surface area contributed by atoms with E-state index in [-0.39, 0.29) is 0 Å². The summed E-state index contributed by atoms with van der Waals surface area (Å²) >= 11 is 0. The summed E-state index contributed by atoms with van der Waals surface area (Å²) in [5.74, 6) is 0. The molecule has 0 unspecified atom stereocenters. The van der Waals surface area contributed by atoms with Crippen molar-refractivity contribution in [2.24, 2.45) is 0 Å². The fraction of sp³-hybridized carbons (Fsp3) is 0.250. The van der Waals surface area contributed by atoms with Gasteiger partial charge in [-0.2, -0.15) is 0 Å². The van der Waals surface area contributed by atoms with E-state index in [0.29, 0.717) is 15.9 Å². The van der Waals surface area contributed by atoms with Gasteiger partial charge in [0.2, 0.25) is 0 Å². The minimum absolute atomic E-state index is 0.395. The lowest BCUT2D eigenvalue weighted by Gasteiger charge is -2.10. The third-order valence-corrected chi connectivity index (χ3v) is 5.31. The fourth-order valence-corrected chi connectivity index (χ4v) is 4.47. The molecule has 1 aliphatic carbocycles. The maximum absolute atomic E-state index is 12.4. The molecule has 0 spiro atoms. The molecule has 0 radical (unpaired) electrons. The van der Waals surface area contributed by atoms with Crippen molar-refractivity contribution in [2.45, 2.75) is 24.2 Å². The number of sulfone groups is 1. The van der Waals surface area contributed by atoms with Crippen LogP contribution < -0.4 is 0 Å². The summed E-state index contributed by atoms with van der Waals surface area (Å²) in [5, 5.41) is 8.38. The van der Waals surface area contributed by atoms with Crippen LogP contribution in [0.1, 0.15) is 17.5 Å². The summed E-state index contributed by atoms with van der Waals surface area (Å²) < 4.78 is 26.5. The van der Waals surface area contributed by atoms with Crippen LogP contribution in [0.5, 0.6) is 0 Å². The van der Waals surface area contributed by atoms with Crippen LogP contribution in [0.25, 0.3) is 16.7 Å². The third kappa shape index (κ3) is 1.94. The van der Waals surface area contributed by atoms with E-state index < -0.39 is 9.84 Å². The van der Waals surface area contributed by atoms with E-state index in [4.69, 9.17) is 0 Å². The number of para-hydroxylation sites is 1. The van der Waals surface area contributed by atoms with Gasteiger partial charge < -0.3 is 0 Å². The van der Waals surface area contributed by atoms with Crippen LogP contribution in [-0.4, -0.2) is 29.7 Å². The van der Waals surface area contributed by atoms with Gasteiger partial charge in [-0.25, -0.2) is 13.1 Å². The van der Waals surface area contributed by atoms with E-state index in [9.17, 15) is 8.42 Å². The molecule has 3 aromatic rings. The zero-order valence-electron chi connectivity index (χ0n) is 12.2. The fourth-order valence-electron chi connectivity index (χ4n) is 3.25. The van der Waals surface area contributed by atoms with Gasteiger partial charge in [-0.15, -0.1) is 5.10 Å². The quantitative estimate of drug-likeness (QED) is 0.728. The molecule has 6 heteroatoms. The van der Waals surface area contributed by atoms with Gasteiger partial charge in [-0.1, -0.05) is 23.4 Å². The van der Waals surface area contributed by atoms with Crippen molar-refractivity contribution in [3.05, 3.63) is 47.5 Å². The third-order valence-electron chi connectivity index (χ3n) is 4.13. The molecule has 0 saturated carbocycles. The van der Waals surface area contributed by atoms with Crippen LogP contribution in [-0.2, 0) is 22.7 Å². The van der Waals surface area contributed by atoms with Crippen molar-refractivity contribution in [1.29, 1.82) is 0 Å². The molecular formula is C16H15N3O2S. The Bertz CT molecular complexity index is 976. The van der Waals surface area contributed by atoms with Gasteiger partial charge in [-0.3, -0.25) is 0 Å². The molecule has 112 valence electrons. The number of hydrogen-bond donors (Lipinski definition) is 0. The molecule has 0 N–H and O–H groups in total. The summed E-state index contributed by atoms with van der Waals surface area (Å²) in [4.78, 5) is 0.395. The molecule has 1 aromatic heterocycles. The normalized spacial score (nSPS) is 14.4. The molecule has 0 atom stereocenters. The second-order valence-electron chi connectivity index (χ2n) is 5.67. The van der Waals surface area contributed by atoms with Gasteiger partial charge >= 0.3 is 0 Å². The molecule has 2 aromatic carbocycles. The number of benzene rings is 2. The molecule has 5 nitrogen and oxygen atoms in total. The lowest BCUT2D eigenvalue weighted by Crippen LogP contribution is -2.07. The van der Waals surface area contributed by atoms with E-state index in [1.54, 1.807) is 4.68 Å². The average Bonchev–Trinajstić information content (AvgIpc) is 3.10. The van der Waals surface area contributed by atoms with Gasteiger partial charge in [0.15, 0.2) is 9.84 Å².